The van der Waals surface area contributed by atoms with Crippen LogP contribution in [-0.2, 0) is 5.41 Å². The van der Waals surface area contributed by atoms with Gasteiger partial charge in [0.2, 0.25) is 0 Å². The van der Waals surface area contributed by atoms with Gasteiger partial charge in [-0.3, -0.25) is 0 Å². The van der Waals surface area contributed by atoms with E-state index in [1.165, 1.54) is 148 Å². The summed E-state index contributed by atoms with van der Waals surface area (Å²) in [6, 6.07) is 97.9. The molecule has 1 heterocycles. The summed E-state index contributed by atoms with van der Waals surface area (Å²) in [5.74, 6) is 0. The number of benzene rings is 13. The number of hydrogen-bond donors (Lipinski definition) is 0. The van der Waals surface area contributed by atoms with Crippen molar-refractivity contribution in [1.82, 2.24) is 4.57 Å². The lowest BCUT2D eigenvalue weighted by Gasteiger charge is -2.31. The summed E-state index contributed by atoms with van der Waals surface area (Å²) in [7, 11) is 0. The normalized spacial score (nSPS) is 13.1. The van der Waals surface area contributed by atoms with Crippen LogP contribution < -0.4 is 0 Å². The zero-order chi connectivity index (χ0) is 47.1. The van der Waals surface area contributed by atoms with Gasteiger partial charge in [-0.25, -0.2) is 0 Å². The first kappa shape index (κ1) is 39.5. The number of rotatable bonds is 4. The third kappa shape index (κ3) is 5.27. The lowest BCUT2D eigenvalue weighted by Crippen LogP contribution is -2.26. The summed E-state index contributed by atoms with van der Waals surface area (Å²) in [4.78, 5) is 0. The SMILES string of the molecule is c1ccc(-n2c3ccccc3c3cc(-c4c5ccccc5c(-c5cccc(-c6ccc7c8c(ccc7c6)-c6c(ccc7ccccc67)C86c7ccccc7-c7ccccc76)c5)c5ccccc45)ccc32)cc1. The van der Waals surface area contributed by atoms with E-state index in [0.29, 0.717) is 0 Å². The van der Waals surface area contributed by atoms with Crippen LogP contribution in [0.3, 0.4) is 0 Å². The predicted molar refractivity (Wildman–Crippen MR) is 303 cm³/mol. The Bertz CT molecular complexity index is 4520. The molecule has 0 atom stereocenters. The fourth-order valence-corrected chi connectivity index (χ4v) is 13.5. The Morgan fingerprint density at radius 3 is 1.51 bits per heavy atom. The van der Waals surface area contributed by atoms with E-state index in [-0.39, 0.29) is 0 Å². The van der Waals surface area contributed by atoms with E-state index < -0.39 is 5.41 Å². The molecule has 0 fully saturated rings. The van der Waals surface area contributed by atoms with E-state index in [1.807, 2.05) is 0 Å². The van der Waals surface area contributed by atoms with Gasteiger partial charge in [0.1, 0.15) is 0 Å². The maximum absolute atomic E-state index is 2.43. The summed E-state index contributed by atoms with van der Waals surface area (Å²) in [5, 5.41) is 12.6. The first-order valence-corrected chi connectivity index (χ1v) is 25.2. The molecule has 332 valence electrons. The second kappa shape index (κ2) is 14.9. The third-order valence-electron chi connectivity index (χ3n) is 16.3. The Kier molecular flexibility index (Phi) is 8.16. The van der Waals surface area contributed by atoms with Crippen molar-refractivity contribution < 1.29 is 0 Å². The fraction of sp³-hybridized carbons (Fsp3) is 0.0141. The van der Waals surface area contributed by atoms with Crippen LogP contribution in [0.1, 0.15) is 22.3 Å². The molecular formula is C71H43N. The monoisotopic (exact) mass is 909 g/mol. The predicted octanol–water partition coefficient (Wildman–Crippen LogP) is 18.7. The summed E-state index contributed by atoms with van der Waals surface area (Å²) in [6.45, 7) is 0. The molecule has 0 aliphatic heterocycles. The molecule has 2 aliphatic rings. The molecule has 13 aromatic carbocycles. The van der Waals surface area contributed by atoms with Crippen LogP contribution in [0.25, 0.3) is 126 Å². The Labute approximate surface area is 417 Å². The maximum Gasteiger partial charge on any atom is 0.0731 e. The van der Waals surface area contributed by atoms with Crippen LogP contribution in [0.2, 0.25) is 0 Å². The molecule has 0 saturated carbocycles. The van der Waals surface area contributed by atoms with E-state index in [4.69, 9.17) is 0 Å². The average molecular weight is 910 g/mol. The summed E-state index contributed by atoms with van der Waals surface area (Å²) in [5.41, 5.74) is 21.4. The number of hydrogen-bond acceptors (Lipinski definition) is 0. The number of fused-ring (bicyclic) bond motifs is 19. The highest BCUT2D eigenvalue weighted by Crippen LogP contribution is 2.65. The minimum Gasteiger partial charge on any atom is -0.309 e. The first-order chi connectivity index (χ1) is 35.7. The standard InChI is InChI=1S/C71H43N/c1-2-20-50(21-3-1)72-65-32-15-12-25-55(65)61-43-49(36-40-66(61)72)68-58-28-8-6-26-56(58)67(57-27-7-9-29-59(57)68)48-19-16-18-45(42-48)46-33-37-52-47(41-46)34-38-60-69-51-22-5-4-17-44(51)35-39-64(69)71(70(52)60)62-30-13-10-23-53(62)54-24-11-14-31-63(54)71/h1-43H. The van der Waals surface area contributed by atoms with Gasteiger partial charge in [0, 0.05) is 16.5 Å². The summed E-state index contributed by atoms with van der Waals surface area (Å²) >= 11 is 0. The highest BCUT2D eigenvalue weighted by atomic mass is 15.0. The van der Waals surface area contributed by atoms with E-state index in [9.17, 15) is 0 Å². The molecule has 72 heavy (non-hydrogen) atoms. The molecule has 1 heteroatoms. The van der Waals surface area contributed by atoms with E-state index in [0.717, 1.165) is 0 Å². The van der Waals surface area contributed by atoms with Gasteiger partial charge >= 0.3 is 0 Å². The van der Waals surface area contributed by atoms with E-state index >= 15 is 0 Å². The van der Waals surface area contributed by atoms with Crippen LogP contribution in [0, 0.1) is 0 Å². The molecular weight excluding hydrogens is 867 g/mol. The quantitative estimate of drug-likeness (QED) is 0.155. The van der Waals surface area contributed by atoms with Gasteiger partial charge in [0.05, 0.1) is 16.4 Å². The zero-order valence-corrected chi connectivity index (χ0v) is 39.3. The lowest BCUT2D eigenvalue weighted by molar-refractivity contribution is 0.802. The minimum atomic E-state index is -0.441. The average Bonchev–Trinajstić information content (AvgIpc) is 4.06. The largest absolute Gasteiger partial charge is 0.309 e. The van der Waals surface area contributed by atoms with Crippen molar-refractivity contribution in [3.05, 3.63) is 283 Å². The van der Waals surface area contributed by atoms with Crippen LogP contribution in [0.4, 0.5) is 0 Å². The van der Waals surface area contributed by atoms with Crippen molar-refractivity contribution in [2.24, 2.45) is 0 Å². The topological polar surface area (TPSA) is 4.93 Å². The molecule has 16 rings (SSSR count). The highest BCUT2D eigenvalue weighted by Gasteiger charge is 2.52. The Hall–Kier alpha value is -9.30. The van der Waals surface area contributed by atoms with E-state index in [1.54, 1.807) is 0 Å². The molecule has 1 spiro atoms. The van der Waals surface area contributed by atoms with Gasteiger partial charge in [0.25, 0.3) is 0 Å². The van der Waals surface area contributed by atoms with E-state index in [2.05, 4.69) is 265 Å². The molecule has 2 aliphatic carbocycles. The van der Waals surface area contributed by atoms with Crippen molar-refractivity contribution in [2.75, 3.05) is 0 Å². The van der Waals surface area contributed by atoms with Gasteiger partial charge in [-0.2, -0.15) is 0 Å². The van der Waals surface area contributed by atoms with Gasteiger partial charge in [-0.15, -0.1) is 0 Å². The minimum absolute atomic E-state index is 0.441. The first-order valence-electron chi connectivity index (χ1n) is 25.2. The molecule has 0 N–H and O–H groups in total. The summed E-state index contributed by atoms with van der Waals surface area (Å²) < 4.78 is 2.40. The number of para-hydroxylation sites is 2. The fourth-order valence-electron chi connectivity index (χ4n) is 13.5. The highest BCUT2D eigenvalue weighted by molar-refractivity contribution is 6.23. The molecule has 0 unspecified atom stereocenters. The second-order valence-corrected chi connectivity index (χ2v) is 19.8. The smallest absolute Gasteiger partial charge is 0.0731 e. The Morgan fingerprint density at radius 1 is 0.250 bits per heavy atom. The van der Waals surface area contributed by atoms with Gasteiger partial charge in [-0.05, 0) is 163 Å². The van der Waals surface area contributed by atoms with Gasteiger partial charge in [-0.1, -0.05) is 218 Å². The van der Waals surface area contributed by atoms with Crippen LogP contribution in [0.5, 0.6) is 0 Å². The van der Waals surface area contributed by atoms with Gasteiger partial charge < -0.3 is 4.57 Å². The van der Waals surface area contributed by atoms with Crippen molar-refractivity contribution in [3.8, 4) is 61.3 Å². The van der Waals surface area contributed by atoms with Crippen molar-refractivity contribution in [1.29, 1.82) is 0 Å². The molecule has 14 aromatic rings. The maximum atomic E-state index is 2.43. The van der Waals surface area contributed by atoms with Crippen LogP contribution in [0.15, 0.2) is 261 Å². The Balaban J connectivity index is 0.873. The van der Waals surface area contributed by atoms with Gasteiger partial charge in [0.15, 0.2) is 0 Å². The zero-order valence-electron chi connectivity index (χ0n) is 39.3. The van der Waals surface area contributed by atoms with Crippen molar-refractivity contribution >= 4 is 64.9 Å². The Morgan fingerprint density at radius 2 is 0.792 bits per heavy atom. The molecule has 0 radical (unpaired) electrons. The van der Waals surface area contributed by atoms with Crippen LogP contribution >= 0.6 is 0 Å². The second-order valence-electron chi connectivity index (χ2n) is 19.8. The summed E-state index contributed by atoms with van der Waals surface area (Å²) in [6.07, 6.45) is 0. The molecule has 0 bridgehead atoms. The molecule has 0 amide bonds. The molecule has 1 aromatic heterocycles. The molecule has 0 saturated heterocycles. The molecule has 1 nitrogen and oxygen atoms in total. The van der Waals surface area contributed by atoms with Crippen LogP contribution in [-0.4, -0.2) is 4.57 Å². The third-order valence-corrected chi connectivity index (χ3v) is 16.3. The van der Waals surface area contributed by atoms with Crippen molar-refractivity contribution in [3.63, 3.8) is 0 Å². The lowest BCUT2D eigenvalue weighted by atomic mass is 9.69. The number of aromatic nitrogens is 1. The van der Waals surface area contributed by atoms with Crippen molar-refractivity contribution in [2.45, 2.75) is 5.41 Å². The number of nitrogens with zero attached hydrogens (tertiary/aromatic N) is 1.